The molecule has 0 saturated carbocycles. The van der Waals surface area contributed by atoms with Crippen LogP contribution in [0.5, 0.6) is 0 Å². The highest BCUT2D eigenvalue weighted by atomic mass is 16.5. The number of aliphatic hydroxyl groups excluding tert-OH is 3. The summed E-state index contributed by atoms with van der Waals surface area (Å²) >= 11 is 0. The summed E-state index contributed by atoms with van der Waals surface area (Å²) in [5.41, 5.74) is 0. The molecule has 2 rings (SSSR count). The highest BCUT2D eigenvalue weighted by Gasteiger charge is 2.47. The van der Waals surface area contributed by atoms with Crippen molar-refractivity contribution in [2.45, 2.75) is 37.4 Å². The zero-order valence-corrected chi connectivity index (χ0v) is 8.87. The summed E-state index contributed by atoms with van der Waals surface area (Å²) in [7, 11) is 0. The van der Waals surface area contributed by atoms with Crippen molar-refractivity contribution in [2.24, 2.45) is 5.92 Å². The second-order valence-corrected chi connectivity index (χ2v) is 4.31. The molecule has 2 aliphatic rings. The molecule has 0 amide bonds. The topological polar surface area (TPSA) is 99.0 Å². The maximum atomic E-state index is 11.7. The summed E-state index contributed by atoms with van der Waals surface area (Å²) in [5, 5.41) is 31.5. The lowest BCUT2D eigenvalue weighted by atomic mass is 9.86. The highest BCUT2D eigenvalue weighted by Crippen LogP contribution is 2.28. The van der Waals surface area contributed by atoms with E-state index in [0.717, 1.165) is 0 Å². The van der Waals surface area contributed by atoms with Crippen LogP contribution in [0, 0.1) is 5.92 Å². The number of rotatable bonds is 1. The maximum Gasteiger partial charge on any atom is 0.142 e. The molecule has 0 aromatic rings. The van der Waals surface area contributed by atoms with Gasteiger partial charge in [-0.15, -0.1) is 0 Å². The third kappa shape index (κ3) is 1.99. The van der Waals surface area contributed by atoms with Gasteiger partial charge < -0.3 is 20.1 Å². The van der Waals surface area contributed by atoms with Gasteiger partial charge in [-0.05, 0) is 13.0 Å². The van der Waals surface area contributed by atoms with E-state index in [-0.39, 0.29) is 12.4 Å². The number of hydrogen-bond acceptors (Lipinski definition) is 6. The van der Waals surface area contributed by atoms with Crippen LogP contribution in [0.2, 0.25) is 0 Å². The average Bonchev–Trinajstić information content (AvgIpc) is 2.45. The van der Waals surface area contributed by atoms with E-state index in [1.165, 1.54) is 0 Å². The first-order chi connectivity index (χ1) is 7.65. The summed E-state index contributed by atoms with van der Waals surface area (Å²) in [4.78, 5) is 11.7. The fourth-order valence-electron chi connectivity index (χ4n) is 2.32. The minimum absolute atomic E-state index is 0.0991. The Hall–Kier alpha value is -0.530. The molecule has 6 nitrogen and oxygen atoms in total. The van der Waals surface area contributed by atoms with Gasteiger partial charge >= 0.3 is 0 Å². The molecule has 2 saturated heterocycles. The fraction of sp³-hybridized carbons (Fsp3) is 0.900. The molecule has 4 N–H and O–H groups in total. The van der Waals surface area contributed by atoms with Gasteiger partial charge in [-0.3, -0.25) is 10.1 Å². The molecule has 0 aliphatic carbocycles. The molecule has 2 heterocycles. The average molecular weight is 231 g/mol. The van der Waals surface area contributed by atoms with Gasteiger partial charge in [0.25, 0.3) is 0 Å². The Morgan fingerprint density at radius 2 is 2.12 bits per heavy atom. The number of ether oxygens (including phenoxy) is 1. The molecule has 0 bridgehead atoms. The van der Waals surface area contributed by atoms with Crippen LogP contribution in [0.15, 0.2) is 0 Å². The van der Waals surface area contributed by atoms with Crippen molar-refractivity contribution in [1.29, 1.82) is 0 Å². The van der Waals surface area contributed by atoms with E-state index in [9.17, 15) is 15.0 Å². The van der Waals surface area contributed by atoms with Crippen molar-refractivity contribution in [3.8, 4) is 0 Å². The largest absolute Gasteiger partial charge is 0.394 e. The molecule has 0 radical (unpaired) electrons. The van der Waals surface area contributed by atoms with Crippen molar-refractivity contribution in [2.75, 3.05) is 13.2 Å². The van der Waals surface area contributed by atoms with Gasteiger partial charge in [0.2, 0.25) is 0 Å². The molecule has 0 spiro atoms. The minimum Gasteiger partial charge on any atom is -0.394 e. The lowest BCUT2D eigenvalue weighted by Gasteiger charge is -2.41. The molecule has 0 unspecified atom stereocenters. The van der Waals surface area contributed by atoms with E-state index < -0.39 is 30.5 Å². The number of ketones is 1. The Morgan fingerprint density at radius 1 is 1.38 bits per heavy atom. The summed E-state index contributed by atoms with van der Waals surface area (Å²) < 4.78 is 5.38. The fourth-order valence-corrected chi connectivity index (χ4v) is 2.32. The lowest BCUT2D eigenvalue weighted by molar-refractivity contribution is -0.213. The van der Waals surface area contributed by atoms with Crippen molar-refractivity contribution < 1.29 is 24.9 Å². The standard InChI is InChI=1S/C10H17NO5/c12-4-6-8(14)9(15)7-5(13)2-1-3-11-10(7)16-6/h6-12,14-15H,1-4H2/t6-,7-,8-,9-,10+/m1/s1. The van der Waals surface area contributed by atoms with Gasteiger partial charge in [0, 0.05) is 6.42 Å². The van der Waals surface area contributed by atoms with Crippen molar-refractivity contribution in [3.05, 3.63) is 0 Å². The molecule has 16 heavy (non-hydrogen) atoms. The van der Waals surface area contributed by atoms with Crippen LogP contribution in [-0.4, -0.2) is 58.8 Å². The molecule has 0 aromatic carbocycles. The van der Waals surface area contributed by atoms with Gasteiger partial charge in [-0.2, -0.15) is 0 Å². The van der Waals surface area contributed by atoms with Gasteiger partial charge in [0.15, 0.2) is 0 Å². The number of aliphatic hydroxyl groups is 3. The van der Waals surface area contributed by atoms with E-state index in [1.54, 1.807) is 0 Å². The summed E-state index contributed by atoms with van der Waals surface area (Å²) in [5.74, 6) is -0.835. The van der Waals surface area contributed by atoms with Crippen LogP contribution in [-0.2, 0) is 9.53 Å². The molecule has 6 heteroatoms. The van der Waals surface area contributed by atoms with E-state index in [2.05, 4.69) is 5.32 Å². The summed E-state index contributed by atoms with van der Waals surface area (Å²) in [6.45, 7) is 0.255. The first-order valence-corrected chi connectivity index (χ1v) is 5.53. The second-order valence-electron chi connectivity index (χ2n) is 4.31. The first-order valence-electron chi connectivity index (χ1n) is 5.53. The Balaban J connectivity index is 2.19. The van der Waals surface area contributed by atoms with Crippen molar-refractivity contribution in [3.63, 3.8) is 0 Å². The maximum absolute atomic E-state index is 11.7. The Bertz CT molecular complexity index is 272. The van der Waals surface area contributed by atoms with E-state index >= 15 is 0 Å². The molecular weight excluding hydrogens is 214 g/mol. The number of hydrogen-bond donors (Lipinski definition) is 4. The van der Waals surface area contributed by atoms with E-state index in [1.807, 2.05) is 0 Å². The number of nitrogens with one attached hydrogen (secondary N) is 1. The quantitative estimate of drug-likeness (QED) is 0.416. The van der Waals surface area contributed by atoms with Gasteiger partial charge in [0.1, 0.15) is 24.2 Å². The van der Waals surface area contributed by atoms with Crippen molar-refractivity contribution in [1.82, 2.24) is 5.32 Å². The van der Waals surface area contributed by atoms with Crippen molar-refractivity contribution >= 4 is 5.78 Å². The zero-order chi connectivity index (χ0) is 11.7. The third-order valence-electron chi connectivity index (χ3n) is 3.24. The molecular formula is C10H17NO5. The predicted octanol–water partition coefficient (Wildman–Crippen LogP) is -2.01. The smallest absolute Gasteiger partial charge is 0.142 e. The second kappa shape index (κ2) is 4.77. The Labute approximate surface area is 93.2 Å². The third-order valence-corrected chi connectivity index (χ3v) is 3.24. The molecule has 2 aliphatic heterocycles. The normalized spacial score (nSPS) is 44.9. The number of carbonyl (C=O) groups is 1. The monoisotopic (exact) mass is 231 g/mol. The van der Waals surface area contributed by atoms with Crippen LogP contribution in [0.1, 0.15) is 12.8 Å². The van der Waals surface area contributed by atoms with Gasteiger partial charge in [-0.1, -0.05) is 0 Å². The van der Waals surface area contributed by atoms with Gasteiger partial charge in [-0.25, -0.2) is 0 Å². The predicted molar refractivity (Wildman–Crippen MR) is 53.5 cm³/mol. The van der Waals surface area contributed by atoms with Crippen LogP contribution >= 0.6 is 0 Å². The number of fused-ring (bicyclic) bond motifs is 1. The molecule has 0 aromatic heterocycles. The molecule has 2 fully saturated rings. The first kappa shape index (κ1) is 11.9. The lowest BCUT2D eigenvalue weighted by Crippen LogP contribution is -2.60. The number of Topliss-reactive ketones (excluding diaryl/α,β-unsaturated/α-hetero) is 1. The molecule has 5 atom stereocenters. The van der Waals surface area contributed by atoms with E-state index in [4.69, 9.17) is 9.84 Å². The Kier molecular flexibility index (Phi) is 3.56. The van der Waals surface area contributed by atoms with Crippen LogP contribution in [0.25, 0.3) is 0 Å². The SMILES string of the molecule is O=C1CCCN[C@H]2O[C@H](CO)[C@@H](O)[C@H](O)[C@@H]12. The van der Waals surface area contributed by atoms with Gasteiger partial charge in [0.05, 0.1) is 18.6 Å². The van der Waals surface area contributed by atoms with Crippen LogP contribution in [0.4, 0.5) is 0 Å². The van der Waals surface area contributed by atoms with Crippen LogP contribution in [0.3, 0.4) is 0 Å². The minimum atomic E-state index is -1.21. The highest BCUT2D eigenvalue weighted by molar-refractivity contribution is 5.82. The summed E-state index contributed by atoms with van der Waals surface area (Å²) in [6, 6.07) is 0. The Morgan fingerprint density at radius 3 is 2.81 bits per heavy atom. The van der Waals surface area contributed by atoms with Crippen LogP contribution < -0.4 is 5.32 Å². The zero-order valence-electron chi connectivity index (χ0n) is 8.87. The summed E-state index contributed by atoms with van der Waals surface area (Å²) in [6.07, 6.45) is -2.75. The molecule has 92 valence electrons. The number of carbonyl (C=O) groups excluding carboxylic acids is 1. The van der Waals surface area contributed by atoms with E-state index in [0.29, 0.717) is 19.4 Å².